The van der Waals surface area contributed by atoms with E-state index in [9.17, 15) is 14.4 Å². The van der Waals surface area contributed by atoms with E-state index in [1.807, 2.05) is 52.2 Å². The van der Waals surface area contributed by atoms with Crippen LogP contribution in [0.3, 0.4) is 0 Å². The van der Waals surface area contributed by atoms with Gasteiger partial charge in [0.15, 0.2) is 6.29 Å². The Bertz CT molecular complexity index is 1800. The van der Waals surface area contributed by atoms with Crippen molar-refractivity contribution in [2.45, 2.75) is 104 Å². The fourth-order valence-electron chi connectivity index (χ4n) is 7.66. The molecule has 0 radical (unpaired) electrons. The number of hydrogen-bond acceptors (Lipinski definition) is 5. The van der Waals surface area contributed by atoms with E-state index in [4.69, 9.17) is 4.74 Å². The number of methoxy groups -OCH3 is 1. The van der Waals surface area contributed by atoms with Gasteiger partial charge in [-0.15, -0.1) is 0 Å². The lowest BCUT2D eigenvalue weighted by atomic mass is 9.60. The molecule has 0 aliphatic heterocycles. The van der Waals surface area contributed by atoms with Gasteiger partial charge in [-0.2, -0.15) is 0 Å². The van der Waals surface area contributed by atoms with Crippen molar-refractivity contribution >= 4 is 23.8 Å². The van der Waals surface area contributed by atoms with E-state index in [2.05, 4.69) is 85.7 Å². The van der Waals surface area contributed by atoms with Gasteiger partial charge in [-0.05, 0) is 86.1 Å². The van der Waals surface area contributed by atoms with Crippen molar-refractivity contribution in [1.82, 2.24) is 10.6 Å². The molecule has 7 nitrogen and oxygen atoms in total. The molecule has 3 aromatic rings. The summed E-state index contributed by atoms with van der Waals surface area (Å²) in [4.78, 5) is 41.2. The van der Waals surface area contributed by atoms with Crippen LogP contribution in [0.25, 0.3) is 0 Å². The van der Waals surface area contributed by atoms with E-state index in [1.54, 1.807) is 13.2 Å². The Morgan fingerprint density at radius 2 is 1.58 bits per heavy atom. The summed E-state index contributed by atoms with van der Waals surface area (Å²) in [5, 5.41) is 6.17. The van der Waals surface area contributed by atoms with Crippen LogP contribution in [0, 0.1) is 6.92 Å². The molecule has 0 spiro atoms. The van der Waals surface area contributed by atoms with E-state index in [-0.39, 0.29) is 23.3 Å². The average molecular weight is 706 g/mol. The third-order valence-corrected chi connectivity index (χ3v) is 10.7. The second-order valence-corrected chi connectivity index (χ2v) is 14.8. The minimum Gasteiger partial charge on any atom is -0.378 e. The highest BCUT2D eigenvalue weighted by Crippen LogP contribution is 2.54. The first-order chi connectivity index (χ1) is 24.9. The molecule has 0 aromatic heterocycles. The molecule has 2 N–H and O–H groups in total. The van der Waals surface area contributed by atoms with Gasteiger partial charge in [0.1, 0.15) is 5.60 Å². The van der Waals surface area contributed by atoms with Crippen LogP contribution in [0.5, 0.6) is 0 Å². The Hall–Kier alpha value is -4.49. The standard InChI is InChI=1S/C45H59N3O4/c1-10-12-19-33(11-2)32(4)47-42(50)22-16-14-13-15-17-27-46-43(51)35-20-18-21-37(36(35)30-49)45(52-9)38-25-23-31(3)28-40(38)44(5,6)41-29-34(48(7)8)24-26-39(41)45/h10,12,18-21,23-26,28-30,32H,11,13-17,22,27H2,1-9H3,(H,46,51)(H,47,50)/b12-10-,33-19+. The van der Waals surface area contributed by atoms with Gasteiger partial charge in [0.2, 0.25) is 5.91 Å². The van der Waals surface area contributed by atoms with Gasteiger partial charge in [-0.1, -0.05) is 100 Å². The number of ether oxygens (including phenoxy) is 1. The predicted molar refractivity (Wildman–Crippen MR) is 214 cm³/mol. The van der Waals surface area contributed by atoms with Gasteiger partial charge in [0.05, 0.1) is 5.56 Å². The summed E-state index contributed by atoms with van der Waals surface area (Å²) in [5.74, 6) is -0.195. The lowest BCUT2D eigenvalue weighted by Crippen LogP contribution is -2.43. The molecule has 2 amide bonds. The molecular formula is C45H59N3O4. The molecule has 3 aromatic carbocycles. The van der Waals surface area contributed by atoms with Crippen LogP contribution in [0.1, 0.15) is 134 Å². The Balaban J connectivity index is 1.46. The zero-order chi connectivity index (χ0) is 38.1. The normalized spacial score (nSPS) is 16.9. The summed E-state index contributed by atoms with van der Waals surface area (Å²) in [7, 11) is 5.75. The topological polar surface area (TPSA) is 87.7 Å². The fourth-order valence-corrected chi connectivity index (χ4v) is 7.66. The molecule has 0 saturated carbocycles. The van der Waals surface area contributed by atoms with Crippen molar-refractivity contribution in [2.75, 3.05) is 32.6 Å². The number of nitrogens with one attached hydrogen (secondary N) is 2. The molecule has 0 saturated heterocycles. The molecule has 52 heavy (non-hydrogen) atoms. The van der Waals surface area contributed by atoms with Gasteiger partial charge in [0, 0.05) is 62.4 Å². The number of benzene rings is 3. The SMILES string of the molecule is C/C=C\C=C(/CC)C(C)NC(=O)CCCCCCCNC(=O)c1cccc(C2(OC)c3ccc(C)cc3C(C)(C)c3cc(N(C)C)ccc32)c1C=O. The molecular weight excluding hydrogens is 647 g/mol. The Morgan fingerprint density at radius 3 is 2.23 bits per heavy atom. The highest BCUT2D eigenvalue weighted by molar-refractivity contribution is 6.02. The number of aryl methyl sites for hydroxylation is 1. The Morgan fingerprint density at radius 1 is 0.904 bits per heavy atom. The summed E-state index contributed by atoms with van der Waals surface area (Å²) in [5.41, 5.74) is 7.45. The monoisotopic (exact) mass is 705 g/mol. The van der Waals surface area contributed by atoms with Gasteiger partial charge in [-0.3, -0.25) is 14.4 Å². The number of nitrogens with zero attached hydrogens (tertiary/aromatic N) is 1. The maximum Gasteiger partial charge on any atom is 0.252 e. The first kappa shape index (κ1) is 40.3. The van der Waals surface area contributed by atoms with E-state index in [0.717, 1.165) is 78.3 Å². The largest absolute Gasteiger partial charge is 0.378 e. The van der Waals surface area contributed by atoms with Crippen LogP contribution in [-0.4, -0.2) is 51.9 Å². The number of carbonyl (C=O) groups is 3. The van der Waals surface area contributed by atoms with E-state index < -0.39 is 5.60 Å². The maximum atomic E-state index is 13.7. The highest BCUT2D eigenvalue weighted by atomic mass is 16.5. The molecule has 0 bridgehead atoms. The van der Waals surface area contributed by atoms with E-state index in [1.165, 1.54) is 5.57 Å². The zero-order valence-corrected chi connectivity index (χ0v) is 32.8. The van der Waals surface area contributed by atoms with Crippen LogP contribution >= 0.6 is 0 Å². The summed E-state index contributed by atoms with van der Waals surface area (Å²) in [6.45, 7) is 13.2. The second kappa shape index (κ2) is 17.8. The number of aldehydes is 1. The Kier molecular flexibility index (Phi) is 13.8. The molecule has 1 aliphatic carbocycles. The lowest BCUT2D eigenvalue weighted by Gasteiger charge is -2.47. The molecule has 7 heteroatoms. The van der Waals surface area contributed by atoms with Crippen molar-refractivity contribution in [3.63, 3.8) is 0 Å². The highest BCUT2D eigenvalue weighted by Gasteiger charge is 2.49. The van der Waals surface area contributed by atoms with Crippen LogP contribution in [0.2, 0.25) is 0 Å². The number of unbranched alkanes of at least 4 members (excludes halogenated alkanes) is 4. The first-order valence-electron chi connectivity index (χ1n) is 18.8. The van der Waals surface area contributed by atoms with Crippen molar-refractivity contribution in [1.29, 1.82) is 0 Å². The zero-order valence-electron chi connectivity index (χ0n) is 32.8. The van der Waals surface area contributed by atoms with Crippen LogP contribution in [-0.2, 0) is 20.5 Å². The molecule has 4 rings (SSSR count). The number of fused-ring (bicyclic) bond motifs is 2. The van der Waals surface area contributed by atoms with Crippen LogP contribution < -0.4 is 15.5 Å². The van der Waals surface area contributed by atoms with Crippen molar-refractivity contribution in [3.8, 4) is 0 Å². The smallest absolute Gasteiger partial charge is 0.252 e. The number of allylic oxidation sites excluding steroid dienone is 3. The van der Waals surface area contributed by atoms with Crippen LogP contribution in [0.4, 0.5) is 5.69 Å². The van der Waals surface area contributed by atoms with E-state index in [0.29, 0.717) is 29.7 Å². The third-order valence-electron chi connectivity index (χ3n) is 10.7. The summed E-state index contributed by atoms with van der Waals surface area (Å²) in [6.07, 6.45) is 12.8. The molecule has 278 valence electrons. The second-order valence-electron chi connectivity index (χ2n) is 14.8. The van der Waals surface area contributed by atoms with Crippen molar-refractivity contribution in [2.24, 2.45) is 0 Å². The number of carbonyl (C=O) groups excluding carboxylic acids is 3. The predicted octanol–water partition coefficient (Wildman–Crippen LogP) is 8.94. The van der Waals surface area contributed by atoms with Crippen molar-refractivity contribution < 1.29 is 19.1 Å². The first-order valence-corrected chi connectivity index (χ1v) is 18.8. The van der Waals surface area contributed by atoms with E-state index >= 15 is 0 Å². The molecule has 2 unspecified atom stereocenters. The number of amides is 2. The van der Waals surface area contributed by atoms with Gasteiger partial charge < -0.3 is 20.3 Å². The van der Waals surface area contributed by atoms with Gasteiger partial charge in [0.25, 0.3) is 5.91 Å². The van der Waals surface area contributed by atoms with Crippen LogP contribution in [0.15, 0.2) is 78.4 Å². The molecule has 0 fully saturated rings. The Labute approximate surface area is 311 Å². The number of hydrogen-bond donors (Lipinski definition) is 2. The molecule has 2 atom stereocenters. The summed E-state index contributed by atoms with van der Waals surface area (Å²) in [6, 6.07) is 18.3. The average Bonchev–Trinajstić information content (AvgIpc) is 3.13. The minimum absolute atomic E-state index is 0.0276. The number of anilines is 1. The molecule has 0 heterocycles. The minimum atomic E-state index is -1.11. The lowest BCUT2D eigenvalue weighted by molar-refractivity contribution is -0.121. The summed E-state index contributed by atoms with van der Waals surface area (Å²) >= 11 is 0. The third kappa shape index (κ3) is 8.42. The van der Waals surface area contributed by atoms with Gasteiger partial charge in [-0.25, -0.2) is 0 Å². The summed E-state index contributed by atoms with van der Waals surface area (Å²) < 4.78 is 6.60. The maximum absolute atomic E-state index is 13.7. The molecule has 1 aliphatic rings. The fraction of sp³-hybridized carbons (Fsp3) is 0.444. The quantitative estimate of drug-likeness (QED) is 0.0832. The van der Waals surface area contributed by atoms with Crippen molar-refractivity contribution in [3.05, 3.63) is 123 Å². The van der Waals surface area contributed by atoms with Gasteiger partial charge >= 0.3 is 0 Å². The number of rotatable bonds is 17.